The fraction of sp³-hybridized carbons (Fsp3) is 0.733. The number of nitrogens with one attached hydrogen (secondary N) is 1. The topological polar surface area (TPSA) is 56.2 Å². The quantitative estimate of drug-likeness (QED) is 0.725. The first-order chi connectivity index (χ1) is 9.85. The molecule has 0 aliphatic rings. The summed E-state index contributed by atoms with van der Waals surface area (Å²) in [5, 5.41) is 7.79. The molecule has 0 aromatic carbocycles. The monoisotopic (exact) mass is 359 g/mol. The van der Waals surface area contributed by atoms with Crippen molar-refractivity contribution in [3.8, 4) is 0 Å². The van der Waals surface area contributed by atoms with Crippen LogP contribution in [-0.2, 0) is 16.1 Å². The van der Waals surface area contributed by atoms with Crippen molar-refractivity contribution in [3.63, 3.8) is 0 Å². The molecule has 5 nitrogen and oxygen atoms in total. The Labute approximate surface area is 135 Å². The highest BCUT2D eigenvalue weighted by molar-refractivity contribution is 9.10. The molecule has 21 heavy (non-hydrogen) atoms. The smallest absolute Gasteiger partial charge is 0.325 e. The van der Waals surface area contributed by atoms with Crippen molar-refractivity contribution < 1.29 is 9.53 Å². The number of hydrogen-bond acceptors (Lipinski definition) is 4. The predicted molar refractivity (Wildman–Crippen MR) is 87.3 cm³/mol. The summed E-state index contributed by atoms with van der Waals surface area (Å²) in [6.45, 7) is 9.60. The van der Waals surface area contributed by atoms with Crippen LogP contribution in [-0.4, -0.2) is 34.9 Å². The molecular formula is C15H26BrN3O2. The van der Waals surface area contributed by atoms with Crippen LogP contribution in [0.2, 0.25) is 0 Å². The van der Waals surface area contributed by atoms with Crippen molar-refractivity contribution >= 4 is 21.9 Å². The van der Waals surface area contributed by atoms with Crippen molar-refractivity contribution in [2.45, 2.75) is 59.0 Å². The molecule has 1 unspecified atom stereocenters. The first kappa shape index (κ1) is 18.2. The Morgan fingerprint density at radius 1 is 1.48 bits per heavy atom. The zero-order valence-corrected chi connectivity index (χ0v) is 15.2. The summed E-state index contributed by atoms with van der Waals surface area (Å²) in [5.41, 5.74) is 1.49. The molecule has 1 heterocycles. The third-order valence-electron chi connectivity index (χ3n) is 3.74. The first-order valence-electron chi connectivity index (χ1n) is 7.38. The molecule has 1 aromatic heterocycles. The van der Waals surface area contributed by atoms with Gasteiger partial charge < -0.3 is 10.1 Å². The highest BCUT2D eigenvalue weighted by Gasteiger charge is 2.33. The van der Waals surface area contributed by atoms with E-state index in [0.717, 1.165) is 48.2 Å². The third-order valence-corrected chi connectivity index (χ3v) is 4.89. The number of ether oxygens (including phenoxy) is 1. The summed E-state index contributed by atoms with van der Waals surface area (Å²) in [6, 6.07) is 0. The SMILES string of the molecule is CCCNC(C)(CCCn1nc(C)c(Br)c1C)C(=O)OC. The second-order valence-electron chi connectivity index (χ2n) is 5.56. The van der Waals surface area contributed by atoms with E-state index >= 15 is 0 Å². The molecule has 1 atom stereocenters. The third kappa shape index (κ3) is 4.54. The van der Waals surface area contributed by atoms with Crippen LogP contribution >= 0.6 is 15.9 Å². The Hall–Kier alpha value is -0.880. The average Bonchev–Trinajstić information content (AvgIpc) is 2.71. The number of hydrogen-bond donors (Lipinski definition) is 1. The minimum absolute atomic E-state index is 0.203. The van der Waals surface area contributed by atoms with E-state index in [1.807, 2.05) is 25.5 Å². The first-order valence-corrected chi connectivity index (χ1v) is 8.18. The molecule has 0 aliphatic carbocycles. The fourth-order valence-corrected chi connectivity index (χ4v) is 2.65. The summed E-state index contributed by atoms with van der Waals surface area (Å²) < 4.78 is 7.97. The zero-order valence-electron chi connectivity index (χ0n) is 13.6. The van der Waals surface area contributed by atoms with Crippen LogP contribution in [0.4, 0.5) is 0 Å². The molecule has 0 aliphatic heterocycles. The van der Waals surface area contributed by atoms with Gasteiger partial charge in [-0.2, -0.15) is 5.10 Å². The van der Waals surface area contributed by atoms with Crippen LogP contribution in [0.3, 0.4) is 0 Å². The van der Waals surface area contributed by atoms with Crippen LogP contribution in [0.5, 0.6) is 0 Å². The number of aromatic nitrogens is 2. The lowest BCUT2D eigenvalue weighted by molar-refractivity contribution is -0.148. The van der Waals surface area contributed by atoms with Crippen molar-refractivity contribution in [1.29, 1.82) is 0 Å². The van der Waals surface area contributed by atoms with Crippen LogP contribution in [0.15, 0.2) is 4.47 Å². The molecule has 0 saturated heterocycles. The molecule has 0 bridgehead atoms. The summed E-state index contributed by atoms with van der Waals surface area (Å²) in [4.78, 5) is 12.0. The number of rotatable bonds is 8. The molecule has 0 fully saturated rings. The number of methoxy groups -OCH3 is 1. The van der Waals surface area contributed by atoms with Gasteiger partial charge in [-0.3, -0.25) is 9.48 Å². The van der Waals surface area contributed by atoms with E-state index < -0.39 is 5.54 Å². The summed E-state index contributed by atoms with van der Waals surface area (Å²) in [7, 11) is 1.44. The van der Waals surface area contributed by atoms with Crippen LogP contribution in [0.25, 0.3) is 0 Å². The van der Waals surface area contributed by atoms with Gasteiger partial charge in [0.25, 0.3) is 0 Å². The molecule has 120 valence electrons. The maximum absolute atomic E-state index is 12.0. The van der Waals surface area contributed by atoms with Gasteiger partial charge in [0.15, 0.2) is 0 Å². The Morgan fingerprint density at radius 3 is 2.62 bits per heavy atom. The average molecular weight is 360 g/mol. The molecule has 0 spiro atoms. The van der Waals surface area contributed by atoms with E-state index in [4.69, 9.17) is 4.74 Å². The van der Waals surface area contributed by atoms with Crippen LogP contribution in [0.1, 0.15) is 44.5 Å². The van der Waals surface area contributed by atoms with E-state index in [1.54, 1.807) is 0 Å². The molecule has 0 amide bonds. The van der Waals surface area contributed by atoms with Crippen molar-refractivity contribution in [1.82, 2.24) is 15.1 Å². The second-order valence-corrected chi connectivity index (χ2v) is 6.35. The van der Waals surface area contributed by atoms with Gasteiger partial charge in [-0.25, -0.2) is 0 Å². The van der Waals surface area contributed by atoms with Gasteiger partial charge in [0.05, 0.1) is 17.3 Å². The predicted octanol–water partition coefficient (Wildman–Crippen LogP) is 2.97. The Morgan fingerprint density at radius 2 is 2.14 bits per heavy atom. The van der Waals surface area contributed by atoms with Gasteiger partial charge >= 0.3 is 5.97 Å². The largest absolute Gasteiger partial charge is 0.468 e. The molecule has 1 aromatic rings. The van der Waals surface area contributed by atoms with Crippen molar-refractivity contribution in [2.24, 2.45) is 0 Å². The summed E-state index contributed by atoms with van der Waals surface area (Å²) >= 11 is 3.53. The van der Waals surface area contributed by atoms with E-state index in [-0.39, 0.29) is 5.97 Å². The molecule has 0 saturated carbocycles. The van der Waals surface area contributed by atoms with Crippen LogP contribution < -0.4 is 5.32 Å². The number of esters is 1. The molecule has 1 rings (SSSR count). The van der Waals surface area contributed by atoms with E-state index in [0.29, 0.717) is 0 Å². The highest BCUT2D eigenvalue weighted by atomic mass is 79.9. The number of nitrogens with zero attached hydrogens (tertiary/aromatic N) is 2. The molecule has 0 radical (unpaired) electrons. The number of aryl methyl sites for hydroxylation is 2. The van der Waals surface area contributed by atoms with Crippen LogP contribution in [0, 0.1) is 13.8 Å². The van der Waals surface area contributed by atoms with E-state index in [1.165, 1.54) is 7.11 Å². The second kappa shape index (κ2) is 7.94. The van der Waals surface area contributed by atoms with E-state index in [2.05, 4.69) is 33.3 Å². The standard InChI is InChI=1S/C15H26BrN3O2/c1-6-9-17-15(4,14(20)21-5)8-7-10-19-12(3)13(16)11(2)18-19/h17H,6-10H2,1-5H3. The molecule has 1 N–H and O–H groups in total. The van der Waals surface area contributed by atoms with Gasteiger partial charge in [0, 0.05) is 12.2 Å². The van der Waals surface area contributed by atoms with Gasteiger partial charge in [0.1, 0.15) is 5.54 Å². The van der Waals surface area contributed by atoms with Crippen molar-refractivity contribution in [2.75, 3.05) is 13.7 Å². The Balaban J connectivity index is 2.65. The zero-order chi connectivity index (χ0) is 16.0. The number of halogens is 1. The van der Waals surface area contributed by atoms with Gasteiger partial charge in [-0.05, 0) is 62.5 Å². The minimum atomic E-state index is -0.627. The van der Waals surface area contributed by atoms with Gasteiger partial charge in [-0.1, -0.05) is 6.92 Å². The molecule has 6 heteroatoms. The molecular weight excluding hydrogens is 334 g/mol. The van der Waals surface area contributed by atoms with E-state index in [9.17, 15) is 4.79 Å². The number of carbonyl (C=O) groups is 1. The summed E-state index contributed by atoms with van der Waals surface area (Å²) in [5.74, 6) is -0.203. The summed E-state index contributed by atoms with van der Waals surface area (Å²) in [6.07, 6.45) is 2.56. The Kier molecular flexibility index (Phi) is 6.87. The number of carbonyl (C=O) groups excluding carboxylic acids is 1. The fourth-order valence-electron chi connectivity index (χ4n) is 2.36. The van der Waals surface area contributed by atoms with Gasteiger partial charge in [-0.15, -0.1) is 0 Å². The van der Waals surface area contributed by atoms with Gasteiger partial charge in [0.2, 0.25) is 0 Å². The normalized spacial score (nSPS) is 14.0. The van der Waals surface area contributed by atoms with Crippen molar-refractivity contribution in [3.05, 3.63) is 15.9 Å². The minimum Gasteiger partial charge on any atom is -0.468 e. The maximum atomic E-state index is 12.0. The lowest BCUT2D eigenvalue weighted by atomic mass is 9.95. The lowest BCUT2D eigenvalue weighted by Crippen LogP contribution is -2.50. The highest BCUT2D eigenvalue weighted by Crippen LogP contribution is 2.21. The lowest BCUT2D eigenvalue weighted by Gasteiger charge is -2.28. The maximum Gasteiger partial charge on any atom is 0.325 e. The Bertz CT molecular complexity index is 488.